The van der Waals surface area contributed by atoms with Crippen molar-refractivity contribution in [1.82, 2.24) is 9.97 Å². The Hall–Kier alpha value is -1.56. The lowest BCUT2D eigenvalue weighted by Gasteiger charge is -2.22. The Bertz CT molecular complexity index is 380. The maximum absolute atomic E-state index is 5.62. The monoisotopic (exact) mass is 252 g/mol. The maximum Gasteiger partial charge on any atom is 0.225 e. The molecular weight excluding hydrogens is 232 g/mol. The molecule has 3 N–H and O–H groups in total. The van der Waals surface area contributed by atoms with Crippen LogP contribution >= 0.6 is 0 Å². The van der Waals surface area contributed by atoms with Crippen LogP contribution in [0.1, 0.15) is 26.2 Å². The molecule has 100 valence electrons. The fourth-order valence-corrected chi connectivity index (χ4v) is 1.91. The van der Waals surface area contributed by atoms with Crippen molar-refractivity contribution in [1.29, 1.82) is 0 Å². The van der Waals surface area contributed by atoms with Crippen molar-refractivity contribution in [3.05, 3.63) is 6.07 Å². The zero-order chi connectivity index (χ0) is 12.8. The number of nitrogens with one attached hydrogen (secondary N) is 1. The van der Waals surface area contributed by atoms with E-state index in [4.69, 9.17) is 15.2 Å². The van der Waals surface area contributed by atoms with Crippen molar-refractivity contribution in [3.63, 3.8) is 0 Å². The third kappa shape index (κ3) is 3.73. The average Bonchev–Trinajstić information content (AvgIpc) is 2.37. The molecule has 0 radical (unpaired) electrons. The highest BCUT2D eigenvalue weighted by Crippen LogP contribution is 2.17. The lowest BCUT2D eigenvalue weighted by molar-refractivity contribution is -0.0119. The summed E-state index contributed by atoms with van der Waals surface area (Å²) in [6, 6.07) is 1.75. The number of hydrogen-bond donors (Lipinski definition) is 2. The van der Waals surface area contributed by atoms with Crippen LogP contribution in [0.4, 0.5) is 11.8 Å². The molecule has 6 nitrogen and oxygen atoms in total. The Balaban J connectivity index is 1.91. The second-order valence-corrected chi connectivity index (χ2v) is 4.28. The number of ether oxygens (including phenoxy) is 2. The van der Waals surface area contributed by atoms with E-state index >= 15 is 0 Å². The molecule has 1 saturated heterocycles. The van der Waals surface area contributed by atoms with Crippen LogP contribution in [0.3, 0.4) is 0 Å². The average molecular weight is 252 g/mol. The lowest BCUT2D eigenvalue weighted by Crippen LogP contribution is -2.26. The number of hydrogen-bond acceptors (Lipinski definition) is 6. The zero-order valence-electron chi connectivity index (χ0n) is 10.7. The molecule has 0 spiro atoms. The summed E-state index contributed by atoms with van der Waals surface area (Å²) in [5.74, 6) is 1.39. The first-order valence-corrected chi connectivity index (χ1v) is 6.40. The molecule has 6 heteroatoms. The Morgan fingerprint density at radius 3 is 3.11 bits per heavy atom. The van der Waals surface area contributed by atoms with E-state index in [2.05, 4.69) is 15.3 Å². The number of aromatic nitrogens is 2. The van der Waals surface area contributed by atoms with E-state index in [0.29, 0.717) is 18.3 Å². The molecule has 0 aliphatic carbocycles. The quantitative estimate of drug-likeness (QED) is 0.825. The first-order chi connectivity index (χ1) is 8.78. The van der Waals surface area contributed by atoms with Crippen LogP contribution in [-0.4, -0.2) is 35.8 Å². The first-order valence-electron chi connectivity index (χ1n) is 6.40. The molecular formula is C12H20N4O2. The fraction of sp³-hybridized carbons (Fsp3) is 0.667. The van der Waals surface area contributed by atoms with E-state index in [1.54, 1.807) is 6.07 Å². The van der Waals surface area contributed by atoms with Gasteiger partial charge in [-0.15, -0.1) is 0 Å². The third-order valence-electron chi connectivity index (χ3n) is 2.77. The number of nitrogens with zero attached hydrogens (tertiary/aromatic N) is 2. The summed E-state index contributed by atoms with van der Waals surface area (Å²) in [5.41, 5.74) is 5.62. The van der Waals surface area contributed by atoms with E-state index < -0.39 is 0 Å². The maximum atomic E-state index is 5.62. The summed E-state index contributed by atoms with van der Waals surface area (Å²) < 4.78 is 11.2. The minimum atomic E-state index is 0.164. The van der Waals surface area contributed by atoms with E-state index in [0.717, 1.165) is 26.0 Å². The van der Waals surface area contributed by atoms with Crippen molar-refractivity contribution in [3.8, 4) is 5.88 Å². The highest BCUT2D eigenvalue weighted by Gasteiger charge is 2.15. The van der Waals surface area contributed by atoms with Crippen molar-refractivity contribution in [2.75, 3.05) is 30.8 Å². The molecule has 0 aromatic carbocycles. The Labute approximate surface area is 107 Å². The second-order valence-electron chi connectivity index (χ2n) is 4.28. The topological polar surface area (TPSA) is 82.3 Å². The molecule has 1 aliphatic heterocycles. The normalized spacial score (nSPS) is 19.5. The number of rotatable bonds is 5. The van der Waals surface area contributed by atoms with Gasteiger partial charge in [0.25, 0.3) is 0 Å². The van der Waals surface area contributed by atoms with Crippen LogP contribution in [-0.2, 0) is 4.74 Å². The minimum Gasteiger partial charge on any atom is -0.475 e. The van der Waals surface area contributed by atoms with Crippen molar-refractivity contribution < 1.29 is 9.47 Å². The summed E-state index contributed by atoms with van der Waals surface area (Å²) in [5, 5.41) is 3.08. The van der Waals surface area contributed by atoms with E-state index in [1.165, 1.54) is 6.42 Å². The highest BCUT2D eigenvalue weighted by atomic mass is 16.5. The van der Waals surface area contributed by atoms with E-state index in [1.807, 2.05) is 6.92 Å². The lowest BCUT2D eigenvalue weighted by atomic mass is 10.1. The van der Waals surface area contributed by atoms with Crippen LogP contribution in [0.2, 0.25) is 0 Å². The van der Waals surface area contributed by atoms with Crippen LogP contribution in [0.15, 0.2) is 6.07 Å². The number of anilines is 2. The van der Waals surface area contributed by atoms with Gasteiger partial charge < -0.3 is 20.5 Å². The minimum absolute atomic E-state index is 0.164. The fourth-order valence-electron chi connectivity index (χ4n) is 1.91. The second kappa shape index (κ2) is 6.39. The van der Waals surface area contributed by atoms with Crippen molar-refractivity contribution in [2.45, 2.75) is 32.3 Å². The molecule has 0 amide bonds. The predicted octanol–water partition coefficient (Wildman–Crippen LogP) is 1.44. The van der Waals surface area contributed by atoms with Gasteiger partial charge in [0.15, 0.2) is 0 Å². The van der Waals surface area contributed by atoms with Gasteiger partial charge in [-0.2, -0.15) is 9.97 Å². The van der Waals surface area contributed by atoms with Gasteiger partial charge in [-0.3, -0.25) is 0 Å². The summed E-state index contributed by atoms with van der Waals surface area (Å²) >= 11 is 0. The van der Waals surface area contributed by atoms with Crippen LogP contribution in [0.25, 0.3) is 0 Å². The molecule has 1 atom stereocenters. The smallest absolute Gasteiger partial charge is 0.225 e. The highest BCUT2D eigenvalue weighted by molar-refractivity contribution is 5.42. The van der Waals surface area contributed by atoms with E-state index in [-0.39, 0.29) is 12.1 Å². The molecule has 1 aromatic rings. The first kappa shape index (κ1) is 12.9. The summed E-state index contributed by atoms with van der Waals surface area (Å²) in [6.07, 6.45) is 3.54. The van der Waals surface area contributed by atoms with Gasteiger partial charge in [0.05, 0.1) is 6.10 Å². The standard InChI is InChI=1S/C12H20N4O2/c1-2-14-10-7-11(16-12(13)15-10)18-8-9-5-3-4-6-17-9/h7,9H,2-6,8H2,1H3,(H3,13,14,15,16). The molecule has 1 fully saturated rings. The van der Waals surface area contributed by atoms with Crippen molar-refractivity contribution in [2.24, 2.45) is 0 Å². The van der Waals surface area contributed by atoms with Crippen LogP contribution in [0, 0.1) is 0 Å². The SMILES string of the molecule is CCNc1cc(OCC2CCCCO2)nc(N)n1. The summed E-state index contributed by atoms with van der Waals surface area (Å²) in [4.78, 5) is 8.11. The molecule has 18 heavy (non-hydrogen) atoms. The van der Waals surface area contributed by atoms with Gasteiger partial charge in [0.1, 0.15) is 12.4 Å². The van der Waals surface area contributed by atoms with Gasteiger partial charge in [-0.1, -0.05) is 0 Å². The predicted molar refractivity (Wildman–Crippen MR) is 69.7 cm³/mol. The Kier molecular flexibility index (Phi) is 4.58. The van der Waals surface area contributed by atoms with E-state index in [9.17, 15) is 0 Å². The summed E-state index contributed by atoms with van der Waals surface area (Å²) in [6.45, 7) is 4.11. The van der Waals surface area contributed by atoms with Crippen LogP contribution in [0.5, 0.6) is 5.88 Å². The third-order valence-corrected chi connectivity index (χ3v) is 2.77. The van der Waals surface area contributed by atoms with Crippen LogP contribution < -0.4 is 15.8 Å². The molecule has 0 saturated carbocycles. The summed E-state index contributed by atoms with van der Waals surface area (Å²) in [7, 11) is 0. The van der Waals surface area contributed by atoms with Gasteiger partial charge in [-0.05, 0) is 26.2 Å². The molecule has 2 rings (SSSR count). The van der Waals surface area contributed by atoms with Gasteiger partial charge in [-0.25, -0.2) is 0 Å². The van der Waals surface area contributed by atoms with Gasteiger partial charge in [0.2, 0.25) is 11.8 Å². The largest absolute Gasteiger partial charge is 0.475 e. The number of nitrogens with two attached hydrogens (primary N) is 1. The zero-order valence-corrected chi connectivity index (χ0v) is 10.7. The Morgan fingerprint density at radius 2 is 2.39 bits per heavy atom. The van der Waals surface area contributed by atoms with Crippen molar-refractivity contribution >= 4 is 11.8 Å². The van der Waals surface area contributed by atoms with Gasteiger partial charge >= 0.3 is 0 Å². The number of nitrogen functional groups attached to an aromatic ring is 1. The van der Waals surface area contributed by atoms with Gasteiger partial charge in [0, 0.05) is 19.2 Å². The molecule has 1 aliphatic rings. The molecule has 0 bridgehead atoms. The Morgan fingerprint density at radius 1 is 1.50 bits per heavy atom. The molecule has 1 unspecified atom stereocenters. The molecule has 2 heterocycles. The molecule has 1 aromatic heterocycles.